The van der Waals surface area contributed by atoms with E-state index < -0.39 is 6.10 Å². The number of carbonyl (C=O) groups excluding carboxylic acids is 1. The van der Waals surface area contributed by atoms with E-state index in [9.17, 15) is 4.79 Å². The first-order valence-electron chi connectivity index (χ1n) is 9.58. The summed E-state index contributed by atoms with van der Waals surface area (Å²) in [5.41, 5.74) is 4.49. The number of anilines is 1. The number of benzene rings is 2. The fourth-order valence-electron chi connectivity index (χ4n) is 2.76. The molecule has 2 aromatic carbocycles. The van der Waals surface area contributed by atoms with Gasteiger partial charge in [0.25, 0.3) is 5.91 Å². The van der Waals surface area contributed by atoms with E-state index in [0.717, 1.165) is 28.1 Å². The van der Waals surface area contributed by atoms with E-state index in [1.54, 1.807) is 13.0 Å². The van der Waals surface area contributed by atoms with Crippen molar-refractivity contribution in [2.75, 3.05) is 11.9 Å². The third kappa shape index (κ3) is 5.10. The van der Waals surface area contributed by atoms with E-state index in [4.69, 9.17) is 9.47 Å². The summed E-state index contributed by atoms with van der Waals surface area (Å²) in [5, 5.41) is 11.1. The fraction of sp³-hybridized carbons (Fsp3) is 0.261. The SMILES string of the molecule is CCOc1ccc(-c2ccc(NC(=O)C(C)Oc3cccc(C)c3C)cc2)nn1. The minimum absolute atomic E-state index is 0.209. The largest absolute Gasteiger partial charge is 0.481 e. The first kappa shape index (κ1) is 20.3. The Morgan fingerprint density at radius 3 is 2.45 bits per heavy atom. The monoisotopic (exact) mass is 391 g/mol. The molecule has 1 N–H and O–H groups in total. The summed E-state index contributed by atoms with van der Waals surface area (Å²) < 4.78 is 11.1. The van der Waals surface area contributed by atoms with Crippen LogP contribution in [0.4, 0.5) is 5.69 Å². The van der Waals surface area contributed by atoms with Crippen molar-refractivity contribution in [2.45, 2.75) is 33.8 Å². The quantitative estimate of drug-likeness (QED) is 0.639. The molecule has 1 unspecified atom stereocenters. The van der Waals surface area contributed by atoms with Gasteiger partial charge in [0.1, 0.15) is 5.75 Å². The van der Waals surface area contributed by atoms with Crippen LogP contribution in [0, 0.1) is 13.8 Å². The molecule has 0 spiro atoms. The molecule has 0 aliphatic carbocycles. The predicted octanol–water partition coefficient (Wildman–Crippen LogP) is 4.57. The number of nitrogens with one attached hydrogen (secondary N) is 1. The summed E-state index contributed by atoms with van der Waals surface area (Å²) in [7, 11) is 0. The summed E-state index contributed by atoms with van der Waals surface area (Å²) >= 11 is 0. The molecule has 0 saturated heterocycles. The van der Waals surface area contributed by atoms with Crippen molar-refractivity contribution in [2.24, 2.45) is 0 Å². The van der Waals surface area contributed by atoms with Gasteiger partial charge in [-0.3, -0.25) is 4.79 Å². The number of hydrogen-bond donors (Lipinski definition) is 1. The van der Waals surface area contributed by atoms with E-state index in [2.05, 4.69) is 15.5 Å². The highest BCUT2D eigenvalue weighted by Crippen LogP contribution is 2.23. The molecule has 0 bridgehead atoms. The number of carbonyl (C=O) groups is 1. The number of nitrogens with zero attached hydrogens (tertiary/aromatic N) is 2. The average Bonchev–Trinajstić information content (AvgIpc) is 2.73. The van der Waals surface area contributed by atoms with Crippen molar-refractivity contribution in [3.63, 3.8) is 0 Å². The van der Waals surface area contributed by atoms with Gasteiger partial charge in [0.2, 0.25) is 5.88 Å². The molecule has 1 heterocycles. The van der Waals surface area contributed by atoms with Crippen LogP contribution in [0.15, 0.2) is 54.6 Å². The number of hydrogen-bond acceptors (Lipinski definition) is 5. The highest BCUT2D eigenvalue weighted by molar-refractivity contribution is 5.94. The lowest BCUT2D eigenvalue weighted by molar-refractivity contribution is -0.122. The summed E-state index contributed by atoms with van der Waals surface area (Å²) in [6.45, 7) is 8.19. The maximum absolute atomic E-state index is 12.5. The van der Waals surface area contributed by atoms with E-state index >= 15 is 0 Å². The number of aryl methyl sites for hydroxylation is 1. The Morgan fingerprint density at radius 2 is 1.79 bits per heavy atom. The van der Waals surface area contributed by atoms with Gasteiger partial charge in [-0.15, -0.1) is 10.2 Å². The zero-order valence-electron chi connectivity index (χ0n) is 17.1. The summed E-state index contributed by atoms with van der Waals surface area (Å²) in [5.74, 6) is 1.01. The highest BCUT2D eigenvalue weighted by atomic mass is 16.5. The molecule has 29 heavy (non-hydrogen) atoms. The molecular formula is C23H25N3O3. The normalized spacial score (nSPS) is 11.6. The minimum Gasteiger partial charge on any atom is -0.481 e. The Bertz CT molecular complexity index is 970. The van der Waals surface area contributed by atoms with Crippen LogP contribution >= 0.6 is 0 Å². The second kappa shape index (κ2) is 9.19. The van der Waals surface area contributed by atoms with Crippen molar-refractivity contribution < 1.29 is 14.3 Å². The number of ether oxygens (including phenoxy) is 2. The van der Waals surface area contributed by atoms with Crippen LogP contribution in [0.25, 0.3) is 11.3 Å². The Labute approximate surface area is 170 Å². The maximum atomic E-state index is 12.5. The van der Waals surface area contributed by atoms with Gasteiger partial charge in [0.15, 0.2) is 6.10 Å². The van der Waals surface area contributed by atoms with Crippen LogP contribution in [0.3, 0.4) is 0 Å². The molecule has 1 amide bonds. The molecular weight excluding hydrogens is 366 g/mol. The second-order valence-corrected chi connectivity index (χ2v) is 6.71. The van der Waals surface area contributed by atoms with Gasteiger partial charge < -0.3 is 14.8 Å². The Morgan fingerprint density at radius 1 is 1.03 bits per heavy atom. The number of rotatable bonds is 7. The minimum atomic E-state index is -0.618. The maximum Gasteiger partial charge on any atom is 0.265 e. The van der Waals surface area contributed by atoms with E-state index in [0.29, 0.717) is 18.2 Å². The van der Waals surface area contributed by atoms with Gasteiger partial charge in [-0.05, 0) is 63.1 Å². The molecule has 1 atom stereocenters. The van der Waals surface area contributed by atoms with Crippen molar-refractivity contribution >= 4 is 11.6 Å². The van der Waals surface area contributed by atoms with Crippen LogP contribution in [0.5, 0.6) is 11.6 Å². The van der Waals surface area contributed by atoms with E-state index in [1.807, 2.05) is 69.3 Å². The molecule has 1 aromatic heterocycles. The highest BCUT2D eigenvalue weighted by Gasteiger charge is 2.16. The molecule has 3 aromatic rings. The molecule has 6 nitrogen and oxygen atoms in total. The Hall–Kier alpha value is -3.41. The Kier molecular flexibility index (Phi) is 6.44. The molecule has 0 aliphatic heterocycles. The van der Waals surface area contributed by atoms with Gasteiger partial charge in [0.05, 0.1) is 12.3 Å². The summed E-state index contributed by atoms with van der Waals surface area (Å²) in [6.07, 6.45) is -0.618. The average molecular weight is 391 g/mol. The van der Waals surface area contributed by atoms with Crippen molar-refractivity contribution in [1.29, 1.82) is 0 Å². The van der Waals surface area contributed by atoms with Gasteiger partial charge >= 0.3 is 0 Å². The van der Waals surface area contributed by atoms with Crippen LogP contribution in [0.1, 0.15) is 25.0 Å². The second-order valence-electron chi connectivity index (χ2n) is 6.71. The van der Waals surface area contributed by atoms with E-state index in [-0.39, 0.29) is 5.91 Å². The van der Waals surface area contributed by atoms with Crippen LogP contribution < -0.4 is 14.8 Å². The number of aromatic nitrogens is 2. The van der Waals surface area contributed by atoms with Gasteiger partial charge in [-0.1, -0.05) is 24.3 Å². The topological polar surface area (TPSA) is 73.3 Å². The van der Waals surface area contributed by atoms with Gasteiger partial charge in [-0.25, -0.2) is 0 Å². The van der Waals surface area contributed by atoms with Crippen LogP contribution in [-0.2, 0) is 4.79 Å². The van der Waals surface area contributed by atoms with Crippen molar-refractivity contribution in [3.05, 3.63) is 65.7 Å². The lowest BCUT2D eigenvalue weighted by atomic mass is 10.1. The summed E-state index contributed by atoms with van der Waals surface area (Å²) in [4.78, 5) is 12.5. The number of amides is 1. The fourth-order valence-corrected chi connectivity index (χ4v) is 2.76. The third-order valence-electron chi connectivity index (χ3n) is 4.61. The first-order chi connectivity index (χ1) is 14.0. The molecule has 0 saturated carbocycles. The standard InChI is InChI=1S/C23H25N3O3/c1-5-28-22-14-13-20(25-26-22)18-9-11-19(12-10-18)24-23(27)17(4)29-21-8-6-7-15(2)16(21)3/h6-14,17H,5H2,1-4H3,(H,24,27). The molecule has 0 fully saturated rings. The van der Waals surface area contributed by atoms with Crippen LogP contribution in [0.2, 0.25) is 0 Å². The van der Waals surface area contributed by atoms with Gasteiger partial charge in [-0.2, -0.15) is 0 Å². The molecule has 6 heteroatoms. The molecule has 0 radical (unpaired) electrons. The Balaban J connectivity index is 1.62. The zero-order chi connectivity index (χ0) is 20.8. The van der Waals surface area contributed by atoms with E-state index in [1.165, 1.54) is 0 Å². The molecule has 0 aliphatic rings. The van der Waals surface area contributed by atoms with Crippen LogP contribution in [-0.4, -0.2) is 28.8 Å². The third-order valence-corrected chi connectivity index (χ3v) is 4.61. The smallest absolute Gasteiger partial charge is 0.265 e. The lowest BCUT2D eigenvalue weighted by Crippen LogP contribution is -2.30. The summed E-state index contributed by atoms with van der Waals surface area (Å²) in [6, 6.07) is 16.9. The lowest BCUT2D eigenvalue weighted by Gasteiger charge is -2.17. The zero-order valence-corrected chi connectivity index (χ0v) is 17.1. The van der Waals surface area contributed by atoms with Gasteiger partial charge in [0, 0.05) is 17.3 Å². The molecule has 3 rings (SSSR count). The van der Waals surface area contributed by atoms with Crippen molar-refractivity contribution in [3.8, 4) is 22.9 Å². The first-order valence-corrected chi connectivity index (χ1v) is 9.58. The molecule has 150 valence electrons. The van der Waals surface area contributed by atoms with Crippen molar-refractivity contribution in [1.82, 2.24) is 10.2 Å². The predicted molar refractivity (Wildman–Crippen MR) is 113 cm³/mol.